The molecule has 6 nitrogen and oxygen atoms in total. The maximum atomic E-state index is 12.0. The molecular weight excluding hydrogens is 294 g/mol. The van der Waals surface area contributed by atoms with Gasteiger partial charge in [-0.1, -0.05) is 12.1 Å². The first-order valence-electron chi connectivity index (χ1n) is 7.56. The number of phenols is 1. The summed E-state index contributed by atoms with van der Waals surface area (Å²) in [6.45, 7) is 0.267. The number of rotatable bonds is 3. The van der Waals surface area contributed by atoms with Crippen LogP contribution in [0, 0.1) is 0 Å². The first kappa shape index (κ1) is 13.9. The minimum atomic E-state index is -0.0740. The van der Waals surface area contributed by atoms with Crippen molar-refractivity contribution >= 4 is 23.0 Å². The van der Waals surface area contributed by atoms with Crippen LogP contribution in [-0.4, -0.2) is 29.3 Å². The zero-order valence-electron chi connectivity index (χ0n) is 12.4. The maximum absolute atomic E-state index is 12.0. The van der Waals surface area contributed by atoms with E-state index in [0.717, 1.165) is 28.2 Å². The molecule has 4 rings (SSSR count). The minimum absolute atomic E-state index is 0.0211. The second-order valence-electron chi connectivity index (χ2n) is 5.79. The number of phenolic OH excluding ortho intramolecular Hbond substituents is 1. The number of β-amino-alcohol motifs (C(OH)–C–C–N with tert-alkyl or cyclic N) is 1. The Kier molecular flexibility index (Phi) is 3.12. The van der Waals surface area contributed by atoms with Crippen LogP contribution in [0.15, 0.2) is 36.4 Å². The Morgan fingerprint density at radius 1 is 1.13 bits per heavy atom. The Balaban J connectivity index is 1.63. The van der Waals surface area contributed by atoms with Crippen LogP contribution in [0.5, 0.6) is 5.75 Å². The van der Waals surface area contributed by atoms with Crippen molar-refractivity contribution in [2.45, 2.75) is 12.6 Å². The van der Waals surface area contributed by atoms with Crippen molar-refractivity contribution in [3.8, 4) is 5.75 Å². The summed E-state index contributed by atoms with van der Waals surface area (Å²) in [5.74, 6) is 0.259. The van der Waals surface area contributed by atoms with Crippen molar-refractivity contribution in [3.63, 3.8) is 0 Å². The van der Waals surface area contributed by atoms with Crippen LogP contribution in [0.25, 0.3) is 0 Å². The van der Waals surface area contributed by atoms with E-state index in [0.29, 0.717) is 13.0 Å². The SMILES string of the molecule is O=C1Cc2cc3c(cc2N1CCO)NC(c1ccc(O)cc1)N3. The molecule has 23 heavy (non-hydrogen) atoms. The lowest BCUT2D eigenvalue weighted by molar-refractivity contribution is -0.117. The summed E-state index contributed by atoms with van der Waals surface area (Å²) in [7, 11) is 0. The largest absolute Gasteiger partial charge is 0.508 e. The number of carbonyl (C=O) groups is 1. The number of amides is 1. The van der Waals surface area contributed by atoms with Crippen molar-refractivity contribution < 1.29 is 15.0 Å². The van der Waals surface area contributed by atoms with E-state index in [1.807, 2.05) is 24.3 Å². The number of aliphatic hydroxyl groups excluding tert-OH is 1. The molecule has 0 bridgehead atoms. The molecule has 6 heteroatoms. The summed E-state index contributed by atoms with van der Waals surface area (Å²) in [6.07, 6.45) is 0.295. The number of hydrogen-bond acceptors (Lipinski definition) is 5. The Morgan fingerprint density at radius 3 is 2.52 bits per heavy atom. The van der Waals surface area contributed by atoms with Crippen molar-refractivity contribution in [1.82, 2.24) is 0 Å². The van der Waals surface area contributed by atoms with Gasteiger partial charge in [-0.15, -0.1) is 0 Å². The Hall–Kier alpha value is -2.73. The van der Waals surface area contributed by atoms with Gasteiger partial charge in [0.25, 0.3) is 0 Å². The van der Waals surface area contributed by atoms with Crippen molar-refractivity contribution in [2.24, 2.45) is 0 Å². The first-order valence-corrected chi connectivity index (χ1v) is 7.56. The molecule has 2 aliphatic rings. The van der Waals surface area contributed by atoms with Gasteiger partial charge in [0.05, 0.1) is 24.4 Å². The molecule has 2 aromatic carbocycles. The van der Waals surface area contributed by atoms with Gasteiger partial charge in [0.2, 0.25) is 5.91 Å². The van der Waals surface area contributed by atoms with Crippen LogP contribution in [0.4, 0.5) is 17.1 Å². The summed E-state index contributed by atoms with van der Waals surface area (Å²) >= 11 is 0. The molecule has 1 unspecified atom stereocenters. The molecule has 0 radical (unpaired) electrons. The standard InChI is InChI=1S/C17H17N3O3/c21-6-5-20-15-9-14-13(7-11(15)8-16(20)23)18-17(19-14)10-1-3-12(22)4-2-10/h1-4,7,9,17-19,21-22H,5-6,8H2. The average molecular weight is 311 g/mol. The highest BCUT2D eigenvalue weighted by molar-refractivity contribution is 6.03. The molecule has 0 saturated heterocycles. The van der Waals surface area contributed by atoms with E-state index in [2.05, 4.69) is 10.6 Å². The summed E-state index contributed by atoms with van der Waals surface area (Å²) in [6, 6.07) is 11.0. The van der Waals surface area contributed by atoms with Gasteiger partial charge in [0.1, 0.15) is 11.9 Å². The van der Waals surface area contributed by atoms with Gasteiger partial charge in [-0.05, 0) is 35.4 Å². The zero-order chi connectivity index (χ0) is 16.0. The van der Waals surface area contributed by atoms with Gasteiger partial charge in [0, 0.05) is 12.2 Å². The molecule has 1 atom stereocenters. The maximum Gasteiger partial charge on any atom is 0.231 e. The summed E-state index contributed by atoms with van der Waals surface area (Å²) in [5, 5.41) is 25.3. The molecule has 0 fully saturated rings. The first-order chi connectivity index (χ1) is 11.2. The fourth-order valence-corrected chi connectivity index (χ4v) is 3.18. The van der Waals surface area contributed by atoms with Gasteiger partial charge < -0.3 is 25.7 Å². The molecule has 0 aliphatic carbocycles. The lowest BCUT2D eigenvalue weighted by atomic mass is 10.1. The van der Waals surface area contributed by atoms with E-state index >= 15 is 0 Å². The molecule has 118 valence electrons. The summed E-state index contributed by atoms with van der Waals surface area (Å²) < 4.78 is 0. The second-order valence-corrected chi connectivity index (χ2v) is 5.79. The monoisotopic (exact) mass is 311 g/mol. The Morgan fingerprint density at radius 2 is 1.83 bits per heavy atom. The van der Waals surface area contributed by atoms with Crippen molar-refractivity contribution in [3.05, 3.63) is 47.5 Å². The van der Waals surface area contributed by atoms with E-state index in [-0.39, 0.29) is 24.4 Å². The van der Waals surface area contributed by atoms with Crippen LogP contribution in [0.1, 0.15) is 17.3 Å². The molecule has 4 N–H and O–H groups in total. The molecule has 2 heterocycles. The number of aliphatic hydroxyl groups is 1. The third-order valence-electron chi connectivity index (χ3n) is 4.30. The minimum Gasteiger partial charge on any atom is -0.508 e. The highest BCUT2D eigenvalue weighted by Gasteiger charge is 2.31. The number of anilines is 3. The second kappa shape index (κ2) is 5.17. The van der Waals surface area contributed by atoms with E-state index < -0.39 is 0 Å². The van der Waals surface area contributed by atoms with Crippen LogP contribution >= 0.6 is 0 Å². The number of nitrogens with one attached hydrogen (secondary N) is 2. The topological polar surface area (TPSA) is 84.8 Å². The van der Waals surface area contributed by atoms with Crippen LogP contribution in [0.3, 0.4) is 0 Å². The molecule has 0 aromatic heterocycles. The smallest absolute Gasteiger partial charge is 0.231 e. The van der Waals surface area contributed by atoms with Gasteiger partial charge in [-0.25, -0.2) is 0 Å². The molecule has 2 aromatic rings. The lowest BCUT2D eigenvalue weighted by Crippen LogP contribution is -2.29. The fourth-order valence-electron chi connectivity index (χ4n) is 3.18. The number of carbonyl (C=O) groups excluding carboxylic acids is 1. The molecular formula is C17H17N3O3. The highest BCUT2D eigenvalue weighted by Crippen LogP contribution is 2.42. The van der Waals surface area contributed by atoms with Crippen molar-refractivity contribution in [2.75, 3.05) is 28.7 Å². The Bertz CT molecular complexity index is 773. The number of nitrogens with zero attached hydrogens (tertiary/aromatic N) is 1. The van der Waals surface area contributed by atoms with Crippen LogP contribution in [0.2, 0.25) is 0 Å². The van der Waals surface area contributed by atoms with E-state index in [4.69, 9.17) is 5.11 Å². The summed E-state index contributed by atoms with van der Waals surface area (Å²) in [4.78, 5) is 13.6. The van der Waals surface area contributed by atoms with E-state index in [9.17, 15) is 9.90 Å². The van der Waals surface area contributed by atoms with Crippen LogP contribution in [-0.2, 0) is 11.2 Å². The molecule has 2 aliphatic heterocycles. The number of aromatic hydroxyl groups is 1. The number of benzene rings is 2. The predicted octanol–water partition coefficient (Wildman–Crippen LogP) is 1.81. The van der Waals surface area contributed by atoms with E-state index in [1.54, 1.807) is 17.0 Å². The third kappa shape index (κ3) is 2.27. The van der Waals surface area contributed by atoms with E-state index in [1.165, 1.54) is 0 Å². The summed E-state index contributed by atoms with van der Waals surface area (Å²) in [5.41, 5.74) is 4.74. The van der Waals surface area contributed by atoms with Gasteiger partial charge >= 0.3 is 0 Å². The Labute approximate surface area is 133 Å². The quantitative estimate of drug-likeness (QED) is 0.695. The van der Waals surface area contributed by atoms with Crippen molar-refractivity contribution in [1.29, 1.82) is 0 Å². The highest BCUT2D eigenvalue weighted by atomic mass is 16.3. The zero-order valence-corrected chi connectivity index (χ0v) is 12.4. The van der Waals surface area contributed by atoms with Gasteiger partial charge in [-0.2, -0.15) is 0 Å². The molecule has 0 saturated carbocycles. The molecule has 0 spiro atoms. The number of hydrogen-bond donors (Lipinski definition) is 4. The average Bonchev–Trinajstić information content (AvgIpc) is 3.07. The molecule has 1 amide bonds. The normalized spacial score (nSPS) is 18.4. The third-order valence-corrected chi connectivity index (χ3v) is 4.30. The fraction of sp³-hybridized carbons (Fsp3) is 0.235. The number of fused-ring (bicyclic) bond motifs is 2. The predicted molar refractivity (Wildman–Crippen MR) is 87.7 cm³/mol. The lowest BCUT2D eigenvalue weighted by Gasteiger charge is -2.16. The van der Waals surface area contributed by atoms with Gasteiger partial charge in [0.15, 0.2) is 0 Å². The van der Waals surface area contributed by atoms with Crippen LogP contribution < -0.4 is 15.5 Å². The van der Waals surface area contributed by atoms with Gasteiger partial charge in [-0.3, -0.25) is 4.79 Å².